The molecule has 1 unspecified atom stereocenters. The van der Waals surface area contributed by atoms with Crippen LogP contribution in [-0.2, 0) is 4.79 Å². The molecule has 1 atom stereocenters. The van der Waals surface area contributed by atoms with Crippen molar-refractivity contribution >= 4 is 5.97 Å². The average molecular weight is 269 g/mol. The molecule has 0 aliphatic rings. The van der Waals surface area contributed by atoms with E-state index in [2.05, 4.69) is 0 Å². The van der Waals surface area contributed by atoms with Crippen molar-refractivity contribution < 1.29 is 9.90 Å². The minimum Gasteiger partial charge on any atom is -0.481 e. The molecular weight excluding hydrogens is 250 g/mol. The monoisotopic (exact) mass is 269 g/mol. The summed E-state index contributed by atoms with van der Waals surface area (Å²) in [7, 11) is 0. The van der Waals surface area contributed by atoms with E-state index < -0.39 is 17.4 Å². The summed E-state index contributed by atoms with van der Waals surface area (Å²) in [5.74, 6) is -0.892. The van der Waals surface area contributed by atoms with Crippen molar-refractivity contribution in [1.82, 2.24) is 0 Å². The number of carbonyl (C=O) groups is 1. The van der Waals surface area contributed by atoms with Crippen molar-refractivity contribution in [3.05, 3.63) is 60.2 Å². The normalized spacial score (nSPS) is 12.9. The molecule has 3 heteroatoms. The number of carboxylic acid groups (broad SMARTS) is 1. The zero-order chi connectivity index (χ0) is 14.8. The molecule has 2 aromatic carbocycles. The Morgan fingerprint density at radius 2 is 1.50 bits per heavy atom. The van der Waals surface area contributed by atoms with Gasteiger partial charge < -0.3 is 10.8 Å². The van der Waals surface area contributed by atoms with Crippen molar-refractivity contribution in [2.45, 2.75) is 19.9 Å². The Kier molecular flexibility index (Phi) is 3.91. The van der Waals surface area contributed by atoms with E-state index in [1.807, 2.05) is 54.6 Å². The minimum atomic E-state index is -0.992. The highest BCUT2D eigenvalue weighted by Crippen LogP contribution is 2.32. The molecule has 0 bridgehead atoms. The molecule has 0 heterocycles. The summed E-state index contributed by atoms with van der Waals surface area (Å²) >= 11 is 0. The first kappa shape index (κ1) is 14.3. The predicted molar refractivity (Wildman–Crippen MR) is 80.2 cm³/mol. The topological polar surface area (TPSA) is 63.3 Å². The zero-order valence-electron chi connectivity index (χ0n) is 11.7. The van der Waals surface area contributed by atoms with Crippen LogP contribution in [0.3, 0.4) is 0 Å². The fraction of sp³-hybridized carbons (Fsp3) is 0.235. The SMILES string of the molecule is CC(C)(C(=O)O)C(N)c1ccc(-c2ccccc2)cc1. The Balaban J connectivity index is 2.27. The lowest BCUT2D eigenvalue weighted by molar-refractivity contribution is -0.148. The maximum Gasteiger partial charge on any atom is 0.311 e. The van der Waals surface area contributed by atoms with Gasteiger partial charge in [0.25, 0.3) is 0 Å². The van der Waals surface area contributed by atoms with Gasteiger partial charge in [0, 0.05) is 6.04 Å². The Morgan fingerprint density at radius 1 is 1.00 bits per heavy atom. The first-order chi connectivity index (χ1) is 9.43. The van der Waals surface area contributed by atoms with Gasteiger partial charge in [-0.15, -0.1) is 0 Å². The van der Waals surface area contributed by atoms with Gasteiger partial charge in [-0.2, -0.15) is 0 Å². The van der Waals surface area contributed by atoms with E-state index in [4.69, 9.17) is 5.73 Å². The summed E-state index contributed by atoms with van der Waals surface area (Å²) in [6.45, 7) is 3.29. The molecule has 3 nitrogen and oxygen atoms in total. The third kappa shape index (κ3) is 2.73. The Bertz CT molecular complexity index is 588. The van der Waals surface area contributed by atoms with E-state index in [1.54, 1.807) is 13.8 Å². The highest BCUT2D eigenvalue weighted by atomic mass is 16.4. The van der Waals surface area contributed by atoms with Crippen molar-refractivity contribution in [3.8, 4) is 11.1 Å². The van der Waals surface area contributed by atoms with Crippen LogP contribution >= 0.6 is 0 Å². The first-order valence-corrected chi connectivity index (χ1v) is 6.57. The van der Waals surface area contributed by atoms with Gasteiger partial charge in [0.1, 0.15) is 0 Å². The van der Waals surface area contributed by atoms with E-state index in [1.165, 1.54) is 0 Å². The molecule has 0 aliphatic carbocycles. The summed E-state index contributed by atoms with van der Waals surface area (Å²) in [4.78, 5) is 11.2. The summed E-state index contributed by atoms with van der Waals surface area (Å²) in [5.41, 5.74) is 8.14. The molecule has 2 rings (SSSR count). The van der Waals surface area contributed by atoms with Gasteiger partial charge in [0.05, 0.1) is 5.41 Å². The van der Waals surface area contributed by atoms with Gasteiger partial charge in [-0.05, 0) is 30.5 Å². The van der Waals surface area contributed by atoms with Crippen LogP contribution in [0.5, 0.6) is 0 Å². The van der Waals surface area contributed by atoms with Gasteiger partial charge in [0.15, 0.2) is 0 Å². The quantitative estimate of drug-likeness (QED) is 0.893. The standard InChI is InChI=1S/C17H19NO2/c1-17(2,16(19)20)15(18)14-10-8-13(9-11-14)12-6-4-3-5-7-12/h3-11,15H,18H2,1-2H3,(H,19,20). The molecule has 0 spiro atoms. The molecule has 0 amide bonds. The van der Waals surface area contributed by atoms with Gasteiger partial charge in [-0.1, -0.05) is 54.6 Å². The van der Waals surface area contributed by atoms with E-state index in [-0.39, 0.29) is 0 Å². The fourth-order valence-corrected chi connectivity index (χ4v) is 2.06. The van der Waals surface area contributed by atoms with Crippen LogP contribution in [0.1, 0.15) is 25.5 Å². The van der Waals surface area contributed by atoms with Gasteiger partial charge in [0.2, 0.25) is 0 Å². The average Bonchev–Trinajstić information content (AvgIpc) is 2.47. The van der Waals surface area contributed by atoms with Crippen LogP contribution in [0.15, 0.2) is 54.6 Å². The lowest BCUT2D eigenvalue weighted by Crippen LogP contribution is -2.36. The lowest BCUT2D eigenvalue weighted by Gasteiger charge is -2.27. The maximum absolute atomic E-state index is 11.2. The van der Waals surface area contributed by atoms with Crippen molar-refractivity contribution in [2.24, 2.45) is 11.1 Å². The number of nitrogens with two attached hydrogens (primary N) is 1. The van der Waals surface area contributed by atoms with Crippen LogP contribution in [0, 0.1) is 5.41 Å². The third-order valence-corrected chi connectivity index (χ3v) is 3.71. The number of rotatable bonds is 4. The molecule has 2 aromatic rings. The third-order valence-electron chi connectivity index (χ3n) is 3.71. The number of hydrogen-bond acceptors (Lipinski definition) is 2. The second kappa shape index (κ2) is 5.47. The molecule has 0 fully saturated rings. The molecule has 3 N–H and O–H groups in total. The van der Waals surface area contributed by atoms with Crippen LogP contribution in [0.25, 0.3) is 11.1 Å². The Hall–Kier alpha value is -2.13. The largest absolute Gasteiger partial charge is 0.481 e. The molecular formula is C17H19NO2. The molecule has 0 radical (unpaired) electrons. The summed E-state index contributed by atoms with van der Waals surface area (Å²) in [5, 5.41) is 9.23. The smallest absolute Gasteiger partial charge is 0.311 e. The van der Waals surface area contributed by atoms with E-state index in [0.717, 1.165) is 16.7 Å². The number of benzene rings is 2. The lowest BCUT2D eigenvalue weighted by atomic mass is 9.81. The van der Waals surface area contributed by atoms with E-state index in [9.17, 15) is 9.90 Å². The second-order valence-electron chi connectivity index (χ2n) is 5.49. The Labute approximate surface area is 119 Å². The first-order valence-electron chi connectivity index (χ1n) is 6.57. The maximum atomic E-state index is 11.2. The Morgan fingerprint density at radius 3 is 2.00 bits per heavy atom. The van der Waals surface area contributed by atoms with Crippen LogP contribution in [0.2, 0.25) is 0 Å². The van der Waals surface area contributed by atoms with Gasteiger partial charge >= 0.3 is 5.97 Å². The summed E-state index contributed by atoms with van der Waals surface area (Å²) in [6.07, 6.45) is 0. The van der Waals surface area contributed by atoms with E-state index in [0.29, 0.717) is 0 Å². The van der Waals surface area contributed by atoms with Crippen molar-refractivity contribution in [2.75, 3.05) is 0 Å². The van der Waals surface area contributed by atoms with Crippen LogP contribution in [-0.4, -0.2) is 11.1 Å². The molecule has 0 aromatic heterocycles. The molecule has 0 saturated carbocycles. The summed E-state index contributed by atoms with van der Waals surface area (Å²) < 4.78 is 0. The number of carboxylic acids is 1. The van der Waals surface area contributed by atoms with Crippen molar-refractivity contribution in [3.63, 3.8) is 0 Å². The minimum absolute atomic E-state index is 0.537. The molecule has 104 valence electrons. The number of hydrogen-bond donors (Lipinski definition) is 2. The van der Waals surface area contributed by atoms with Crippen LogP contribution < -0.4 is 5.73 Å². The molecule has 20 heavy (non-hydrogen) atoms. The number of aliphatic carboxylic acids is 1. The highest BCUT2D eigenvalue weighted by Gasteiger charge is 2.35. The second-order valence-corrected chi connectivity index (χ2v) is 5.49. The van der Waals surface area contributed by atoms with Gasteiger partial charge in [-0.25, -0.2) is 0 Å². The molecule has 0 saturated heterocycles. The van der Waals surface area contributed by atoms with Gasteiger partial charge in [-0.3, -0.25) is 4.79 Å². The van der Waals surface area contributed by atoms with Crippen molar-refractivity contribution in [1.29, 1.82) is 0 Å². The van der Waals surface area contributed by atoms with Crippen LogP contribution in [0.4, 0.5) is 0 Å². The summed E-state index contributed by atoms with van der Waals surface area (Å²) in [6, 6.07) is 17.2. The zero-order valence-corrected chi connectivity index (χ0v) is 11.7. The molecule has 0 aliphatic heterocycles. The van der Waals surface area contributed by atoms with E-state index >= 15 is 0 Å². The highest BCUT2D eigenvalue weighted by molar-refractivity contribution is 5.75. The predicted octanol–water partition coefficient (Wildman–Crippen LogP) is 3.46. The fourth-order valence-electron chi connectivity index (χ4n) is 2.06.